The zero-order chi connectivity index (χ0) is 10.7. The number of nitrogens with one attached hydrogen (secondary N) is 2. The highest BCUT2D eigenvalue weighted by molar-refractivity contribution is 5.91. The minimum atomic E-state index is -0.112. The molecule has 0 radical (unpaired) electrons. The van der Waals surface area contributed by atoms with Crippen molar-refractivity contribution in [2.75, 3.05) is 6.54 Å². The smallest absolute Gasteiger partial charge is 0.287 e. The van der Waals surface area contributed by atoms with Crippen molar-refractivity contribution >= 4 is 5.91 Å². The molecule has 4 heteroatoms. The average Bonchev–Trinajstić information content (AvgIpc) is 2.70. The monoisotopic (exact) mass is 208 g/mol. The minimum absolute atomic E-state index is 0.112. The van der Waals surface area contributed by atoms with Crippen LogP contribution in [0.5, 0.6) is 0 Å². The molecule has 1 amide bonds. The van der Waals surface area contributed by atoms with Crippen LogP contribution in [-0.2, 0) is 0 Å². The Balaban J connectivity index is 1.89. The minimum Gasteiger partial charge on any atom is -0.459 e. The fraction of sp³-hybridized carbons (Fsp3) is 0.545. The van der Waals surface area contributed by atoms with Crippen molar-refractivity contribution in [3.05, 3.63) is 24.2 Å². The molecule has 1 fully saturated rings. The first kappa shape index (κ1) is 10.2. The SMILES string of the molecule is CC1CC(NC(=O)c2ccco2)CCN1. The first-order valence-corrected chi connectivity index (χ1v) is 5.33. The lowest BCUT2D eigenvalue weighted by Crippen LogP contribution is -2.46. The molecule has 1 aliphatic rings. The maximum Gasteiger partial charge on any atom is 0.287 e. The molecule has 0 saturated carbocycles. The van der Waals surface area contributed by atoms with E-state index >= 15 is 0 Å². The number of hydrogen-bond donors (Lipinski definition) is 2. The van der Waals surface area contributed by atoms with Crippen molar-refractivity contribution in [1.82, 2.24) is 10.6 Å². The highest BCUT2D eigenvalue weighted by atomic mass is 16.3. The summed E-state index contributed by atoms with van der Waals surface area (Å²) in [5.74, 6) is 0.278. The number of rotatable bonds is 2. The molecule has 1 aliphatic heterocycles. The molecule has 0 spiro atoms. The predicted molar refractivity (Wildman–Crippen MR) is 56.7 cm³/mol. The Morgan fingerprint density at radius 3 is 3.20 bits per heavy atom. The zero-order valence-electron chi connectivity index (χ0n) is 8.82. The lowest BCUT2D eigenvalue weighted by Gasteiger charge is -2.28. The van der Waals surface area contributed by atoms with Crippen LogP contribution in [0.4, 0.5) is 0 Å². The predicted octanol–water partition coefficient (Wildman–Crippen LogP) is 1.15. The molecule has 2 unspecified atom stereocenters. The Morgan fingerprint density at radius 1 is 1.67 bits per heavy atom. The molecule has 2 N–H and O–H groups in total. The van der Waals surface area contributed by atoms with Crippen LogP contribution in [0.2, 0.25) is 0 Å². The molecular formula is C11H16N2O2. The van der Waals surface area contributed by atoms with E-state index in [1.807, 2.05) is 0 Å². The molecule has 2 atom stereocenters. The van der Waals surface area contributed by atoms with Crippen LogP contribution in [0.15, 0.2) is 22.8 Å². The van der Waals surface area contributed by atoms with Gasteiger partial charge in [-0.15, -0.1) is 0 Å². The fourth-order valence-electron chi connectivity index (χ4n) is 1.93. The van der Waals surface area contributed by atoms with E-state index in [0.29, 0.717) is 11.8 Å². The van der Waals surface area contributed by atoms with Crippen molar-refractivity contribution in [2.24, 2.45) is 0 Å². The molecule has 1 aromatic rings. The third-order valence-electron chi connectivity index (χ3n) is 2.70. The standard InChI is InChI=1S/C11H16N2O2/c1-8-7-9(4-5-12-8)13-11(14)10-3-2-6-15-10/h2-3,6,8-9,12H,4-5,7H2,1H3,(H,13,14). The summed E-state index contributed by atoms with van der Waals surface area (Å²) in [7, 11) is 0. The number of furan rings is 1. The molecule has 1 saturated heterocycles. The Bertz CT molecular complexity index is 321. The summed E-state index contributed by atoms with van der Waals surface area (Å²) in [6, 6.07) is 4.14. The summed E-state index contributed by atoms with van der Waals surface area (Å²) in [6.45, 7) is 3.09. The fourth-order valence-corrected chi connectivity index (χ4v) is 1.93. The number of amides is 1. The van der Waals surface area contributed by atoms with Gasteiger partial charge in [0.15, 0.2) is 5.76 Å². The molecule has 0 aromatic carbocycles. The van der Waals surface area contributed by atoms with E-state index in [4.69, 9.17) is 4.42 Å². The molecule has 0 aliphatic carbocycles. The molecule has 15 heavy (non-hydrogen) atoms. The van der Waals surface area contributed by atoms with E-state index in [9.17, 15) is 4.79 Å². The van der Waals surface area contributed by atoms with Crippen molar-refractivity contribution in [3.63, 3.8) is 0 Å². The van der Waals surface area contributed by atoms with Gasteiger partial charge >= 0.3 is 0 Å². The van der Waals surface area contributed by atoms with Crippen LogP contribution in [0, 0.1) is 0 Å². The van der Waals surface area contributed by atoms with E-state index < -0.39 is 0 Å². The second kappa shape index (κ2) is 4.49. The summed E-state index contributed by atoms with van der Waals surface area (Å²) in [4.78, 5) is 11.7. The van der Waals surface area contributed by atoms with Gasteiger partial charge in [0.05, 0.1) is 6.26 Å². The van der Waals surface area contributed by atoms with Gasteiger partial charge in [0.25, 0.3) is 5.91 Å². The van der Waals surface area contributed by atoms with Crippen molar-refractivity contribution in [1.29, 1.82) is 0 Å². The van der Waals surface area contributed by atoms with Crippen LogP contribution in [-0.4, -0.2) is 24.5 Å². The van der Waals surface area contributed by atoms with Crippen molar-refractivity contribution in [2.45, 2.75) is 31.8 Å². The molecule has 1 aromatic heterocycles. The topological polar surface area (TPSA) is 54.3 Å². The van der Waals surface area contributed by atoms with Gasteiger partial charge in [-0.1, -0.05) is 0 Å². The van der Waals surface area contributed by atoms with Gasteiger partial charge in [0.2, 0.25) is 0 Å². The van der Waals surface area contributed by atoms with E-state index in [1.165, 1.54) is 6.26 Å². The second-order valence-electron chi connectivity index (χ2n) is 4.03. The molecular weight excluding hydrogens is 192 g/mol. The summed E-state index contributed by atoms with van der Waals surface area (Å²) >= 11 is 0. The average molecular weight is 208 g/mol. The zero-order valence-corrected chi connectivity index (χ0v) is 8.82. The van der Waals surface area contributed by atoms with E-state index in [2.05, 4.69) is 17.6 Å². The maximum atomic E-state index is 11.7. The number of hydrogen-bond acceptors (Lipinski definition) is 3. The molecule has 0 bridgehead atoms. The van der Waals surface area contributed by atoms with Crippen LogP contribution in [0.25, 0.3) is 0 Å². The van der Waals surface area contributed by atoms with E-state index in [1.54, 1.807) is 12.1 Å². The van der Waals surface area contributed by atoms with E-state index in [0.717, 1.165) is 19.4 Å². The summed E-state index contributed by atoms with van der Waals surface area (Å²) in [5.41, 5.74) is 0. The summed E-state index contributed by atoms with van der Waals surface area (Å²) in [5, 5.41) is 6.32. The van der Waals surface area contributed by atoms with Gasteiger partial charge in [-0.3, -0.25) is 4.79 Å². The number of piperidine rings is 1. The molecule has 82 valence electrons. The van der Waals surface area contributed by atoms with Gasteiger partial charge in [-0.05, 0) is 38.4 Å². The summed E-state index contributed by atoms with van der Waals surface area (Å²) in [6.07, 6.45) is 3.48. The largest absolute Gasteiger partial charge is 0.459 e. The first-order valence-electron chi connectivity index (χ1n) is 5.33. The number of carbonyl (C=O) groups is 1. The van der Waals surface area contributed by atoms with Crippen LogP contribution < -0.4 is 10.6 Å². The third-order valence-corrected chi connectivity index (χ3v) is 2.70. The molecule has 4 nitrogen and oxygen atoms in total. The molecule has 2 rings (SSSR count). The highest BCUT2D eigenvalue weighted by Crippen LogP contribution is 2.09. The van der Waals surface area contributed by atoms with Crippen LogP contribution in [0.1, 0.15) is 30.3 Å². The van der Waals surface area contributed by atoms with Gasteiger partial charge in [-0.2, -0.15) is 0 Å². The first-order chi connectivity index (χ1) is 7.25. The second-order valence-corrected chi connectivity index (χ2v) is 4.03. The Hall–Kier alpha value is -1.29. The van der Waals surface area contributed by atoms with Crippen LogP contribution in [0.3, 0.4) is 0 Å². The third kappa shape index (κ3) is 2.59. The normalized spacial score (nSPS) is 26.2. The highest BCUT2D eigenvalue weighted by Gasteiger charge is 2.21. The Morgan fingerprint density at radius 2 is 2.53 bits per heavy atom. The van der Waals surface area contributed by atoms with Gasteiger partial charge in [0.1, 0.15) is 0 Å². The van der Waals surface area contributed by atoms with Gasteiger partial charge in [0, 0.05) is 12.1 Å². The van der Waals surface area contributed by atoms with Crippen LogP contribution >= 0.6 is 0 Å². The van der Waals surface area contributed by atoms with E-state index in [-0.39, 0.29) is 11.9 Å². The van der Waals surface area contributed by atoms with Gasteiger partial charge < -0.3 is 15.1 Å². The summed E-state index contributed by atoms with van der Waals surface area (Å²) < 4.78 is 5.04. The Kier molecular flexibility index (Phi) is 3.06. The lowest BCUT2D eigenvalue weighted by molar-refractivity contribution is 0.0897. The van der Waals surface area contributed by atoms with Crippen molar-refractivity contribution in [3.8, 4) is 0 Å². The van der Waals surface area contributed by atoms with Gasteiger partial charge in [-0.25, -0.2) is 0 Å². The Labute approximate surface area is 89.0 Å². The maximum absolute atomic E-state index is 11.7. The number of carbonyl (C=O) groups excluding carboxylic acids is 1. The quantitative estimate of drug-likeness (QED) is 0.766. The lowest BCUT2D eigenvalue weighted by atomic mass is 10.0. The molecule has 2 heterocycles. The van der Waals surface area contributed by atoms with Crippen molar-refractivity contribution < 1.29 is 9.21 Å².